The quantitative estimate of drug-likeness (QED) is 0.770. The summed E-state index contributed by atoms with van der Waals surface area (Å²) >= 11 is 0. The molecule has 0 aliphatic carbocycles. The molecule has 2 heterocycles. The highest BCUT2D eigenvalue weighted by Crippen LogP contribution is 2.14. The highest BCUT2D eigenvalue weighted by Gasteiger charge is 2.23. The smallest absolute Gasteiger partial charge is 0.221 e. The number of hydrogen-bond acceptors (Lipinski definition) is 4. The van der Waals surface area contributed by atoms with Gasteiger partial charge in [0.1, 0.15) is 0 Å². The van der Waals surface area contributed by atoms with Crippen molar-refractivity contribution in [2.45, 2.75) is 32.4 Å². The Morgan fingerprint density at radius 1 is 1.50 bits per heavy atom. The summed E-state index contributed by atoms with van der Waals surface area (Å²) in [5.41, 5.74) is 1.88. The van der Waals surface area contributed by atoms with Crippen LogP contribution in [0.3, 0.4) is 0 Å². The number of aromatic nitrogens is 2. The summed E-state index contributed by atoms with van der Waals surface area (Å²) in [6.45, 7) is 4.68. The maximum absolute atomic E-state index is 11.1. The fourth-order valence-corrected chi connectivity index (χ4v) is 2.00. The normalized spacial score (nSPS) is 21.9. The molecule has 0 aromatic carbocycles. The van der Waals surface area contributed by atoms with E-state index in [1.165, 1.54) is 0 Å². The standard InChI is InChI=1S/C11H16N4O/c1-7-11(13-4-3-12-7)8(2)15-9-5-10(16)14-6-9/h3-4,8-9,15H,5-6H2,1-2H3,(H,14,16). The molecule has 5 nitrogen and oxygen atoms in total. The molecule has 1 aromatic heterocycles. The fraction of sp³-hybridized carbons (Fsp3) is 0.545. The van der Waals surface area contributed by atoms with Crippen LogP contribution >= 0.6 is 0 Å². The molecule has 1 saturated heterocycles. The number of carbonyl (C=O) groups excluding carboxylic acids is 1. The first-order valence-corrected chi connectivity index (χ1v) is 5.47. The SMILES string of the molecule is Cc1nccnc1C(C)NC1CNC(=O)C1. The monoisotopic (exact) mass is 220 g/mol. The minimum Gasteiger partial charge on any atom is -0.354 e. The zero-order valence-electron chi connectivity index (χ0n) is 9.53. The first kappa shape index (κ1) is 11.0. The van der Waals surface area contributed by atoms with Gasteiger partial charge in [0.2, 0.25) is 5.91 Å². The molecule has 2 unspecified atom stereocenters. The molecule has 0 saturated carbocycles. The van der Waals surface area contributed by atoms with Gasteiger partial charge in [0.15, 0.2) is 0 Å². The third-order valence-corrected chi connectivity index (χ3v) is 2.79. The second-order valence-corrected chi connectivity index (χ2v) is 4.12. The summed E-state index contributed by atoms with van der Waals surface area (Å²) in [6.07, 6.45) is 3.93. The lowest BCUT2D eigenvalue weighted by Gasteiger charge is -2.18. The molecule has 1 amide bonds. The van der Waals surface area contributed by atoms with Crippen molar-refractivity contribution in [3.63, 3.8) is 0 Å². The predicted octanol–water partition coefficient (Wildman–Crippen LogP) is 0.324. The fourth-order valence-electron chi connectivity index (χ4n) is 2.00. The van der Waals surface area contributed by atoms with Gasteiger partial charge in [-0.25, -0.2) is 0 Å². The Balaban J connectivity index is 2.00. The van der Waals surface area contributed by atoms with Gasteiger partial charge in [-0.15, -0.1) is 0 Å². The van der Waals surface area contributed by atoms with Gasteiger partial charge in [0, 0.05) is 37.4 Å². The van der Waals surface area contributed by atoms with E-state index in [-0.39, 0.29) is 18.0 Å². The van der Waals surface area contributed by atoms with Crippen molar-refractivity contribution < 1.29 is 4.79 Å². The Bertz CT molecular complexity index is 393. The zero-order chi connectivity index (χ0) is 11.5. The molecule has 1 aliphatic heterocycles. The van der Waals surface area contributed by atoms with E-state index in [2.05, 4.69) is 20.6 Å². The number of hydrogen-bond donors (Lipinski definition) is 2. The van der Waals surface area contributed by atoms with Crippen molar-refractivity contribution in [1.29, 1.82) is 0 Å². The van der Waals surface area contributed by atoms with Crippen LogP contribution in [0.1, 0.15) is 30.8 Å². The van der Waals surface area contributed by atoms with E-state index >= 15 is 0 Å². The number of carbonyl (C=O) groups is 1. The van der Waals surface area contributed by atoms with Gasteiger partial charge in [-0.05, 0) is 13.8 Å². The Kier molecular flexibility index (Phi) is 3.14. The van der Waals surface area contributed by atoms with E-state index in [0.717, 1.165) is 11.4 Å². The summed E-state index contributed by atoms with van der Waals surface area (Å²) in [4.78, 5) is 19.6. The third kappa shape index (κ3) is 2.36. The third-order valence-electron chi connectivity index (χ3n) is 2.79. The Labute approximate surface area is 94.7 Å². The van der Waals surface area contributed by atoms with E-state index in [0.29, 0.717) is 13.0 Å². The maximum Gasteiger partial charge on any atom is 0.221 e. The molecule has 1 fully saturated rings. The molecule has 16 heavy (non-hydrogen) atoms. The first-order valence-electron chi connectivity index (χ1n) is 5.47. The average molecular weight is 220 g/mol. The van der Waals surface area contributed by atoms with Gasteiger partial charge in [-0.3, -0.25) is 14.8 Å². The molecule has 0 radical (unpaired) electrons. The lowest BCUT2D eigenvalue weighted by molar-refractivity contribution is -0.119. The van der Waals surface area contributed by atoms with E-state index in [9.17, 15) is 4.79 Å². The van der Waals surface area contributed by atoms with E-state index < -0.39 is 0 Å². The van der Waals surface area contributed by atoms with Crippen LogP contribution in [-0.4, -0.2) is 28.5 Å². The second-order valence-electron chi connectivity index (χ2n) is 4.12. The minimum atomic E-state index is 0.112. The van der Waals surface area contributed by atoms with Crippen LogP contribution < -0.4 is 10.6 Å². The van der Waals surface area contributed by atoms with E-state index in [1.54, 1.807) is 12.4 Å². The molecule has 0 spiro atoms. The summed E-state index contributed by atoms with van der Waals surface area (Å²) in [6, 6.07) is 0.315. The van der Waals surface area contributed by atoms with Crippen LogP contribution in [-0.2, 0) is 4.79 Å². The maximum atomic E-state index is 11.1. The molecule has 1 aliphatic rings. The molecule has 5 heteroatoms. The van der Waals surface area contributed by atoms with Crippen LogP contribution in [0.5, 0.6) is 0 Å². The van der Waals surface area contributed by atoms with E-state index in [4.69, 9.17) is 0 Å². The van der Waals surface area contributed by atoms with Gasteiger partial charge < -0.3 is 10.6 Å². The lowest BCUT2D eigenvalue weighted by atomic mass is 10.1. The average Bonchev–Trinajstić information content (AvgIpc) is 2.64. The highest BCUT2D eigenvalue weighted by molar-refractivity contribution is 5.78. The Morgan fingerprint density at radius 3 is 2.88 bits per heavy atom. The summed E-state index contributed by atoms with van der Waals surface area (Å²) in [5, 5.41) is 6.18. The van der Waals surface area contributed by atoms with Gasteiger partial charge >= 0.3 is 0 Å². The summed E-state index contributed by atoms with van der Waals surface area (Å²) in [5.74, 6) is 0.112. The number of nitrogens with zero attached hydrogens (tertiary/aromatic N) is 2. The van der Waals surface area contributed by atoms with Gasteiger partial charge in [0.05, 0.1) is 11.4 Å². The number of amides is 1. The van der Waals surface area contributed by atoms with Gasteiger partial charge in [-0.1, -0.05) is 0 Å². The van der Waals surface area contributed by atoms with Crippen LogP contribution in [0.2, 0.25) is 0 Å². The van der Waals surface area contributed by atoms with Crippen molar-refractivity contribution >= 4 is 5.91 Å². The molecular formula is C11H16N4O. The predicted molar refractivity (Wildman–Crippen MR) is 59.7 cm³/mol. The first-order chi connectivity index (χ1) is 7.66. The van der Waals surface area contributed by atoms with Crippen LogP contribution in [0.4, 0.5) is 0 Å². The van der Waals surface area contributed by atoms with Crippen molar-refractivity contribution in [1.82, 2.24) is 20.6 Å². The van der Waals surface area contributed by atoms with Crippen LogP contribution in [0.15, 0.2) is 12.4 Å². The highest BCUT2D eigenvalue weighted by atomic mass is 16.1. The largest absolute Gasteiger partial charge is 0.354 e. The van der Waals surface area contributed by atoms with Gasteiger partial charge in [0.25, 0.3) is 0 Å². The van der Waals surface area contributed by atoms with Crippen molar-refractivity contribution in [3.8, 4) is 0 Å². The summed E-state index contributed by atoms with van der Waals surface area (Å²) < 4.78 is 0. The minimum absolute atomic E-state index is 0.112. The lowest BCUT2D eigenvalue weighted by Crippen LogP contribution is -2.33. The molecular weight excluding hydrogens is 204 g/mol. The number of aryl methyl sites for hydroxylation is 1. The Hall–Kier alpha value is -1.49. The topological polar surface area (TPSA) is 66.9 Å². The molecule has 2 rings (SSSR count). The Morgan fingerprint density at radius 2 is 2.25 bits per heavy atom. The van der Waals surface area contributed by atoms with Gasteiger partial charge in [-0.2, -0.15) is 0 Å². The van der Waals surface area contributed by atoms with E-state index in [1.807, 2.05) is 13.8 Å². The molecule has 1 aromatic rings. The molecule has 0 bridgehead atoms. The van der Waals surface area contributed by atoms with Crippen LogP contribution in [0.25, 0.3) is 0 Å². The van der Waals surface area contributed by atoms with Crippen molar-refractivity contribution in [3.05, 3.63) is 23.8 Å². The zero-order valence-corrected chi connectivity index (χ0v) is 9.53. The van der Waals surface area contributed by atoms with Crippen molar-refractivity contribution in [2.24, 2.45) is 0 Å². The second kappa shape index (κ2) is 4.57. The molecule has 86 valence electrons. The van der Waals surface area contributed by atoms with Crippen molar-refractivity contribution in [2.75, 3.05) is 6.54 Å². The summed E-state index contributed by atoms with van der Waals surface area (Å²) in [7, 11) is 0. The van der Waals surface area contributed by atoms with Crippen LogP contribution in [0, 0.1) is 6.92 Å². The molecule has 2 atom stereocenters. The number of rotatable bonds is 3. The number of nitrogens with one attached hydrogen (secondary N) is 2. The molecule has 2 N–H and O–H groups in total.